The fourth-order valence-corrected chi connectivity index (χ4v) is 3.49. The summed E-state index contributed by atoms with van der Waals surface area (Å²) in [7, 11) is 1.86. The van der Waals surface area contributed by atoms with E-state index >= 15 is 0 Å². The molecule has 9 heteroatoms. The molecule has 0 unspecified atom stereocenters. The Morgan fingerprint density at radius 3 is 2.59 bits per heavy atom. The summed E-state index contributed by atoms with van der Waals surface area (Å²) < 4.78 is 12.9. The van der Waals surface area contributed by atoms with Crippen LogP contribution in [0.4, 0.5) is 11.5 Å². The minimum Gasteiger partial charge on any atom is -0.492 e. The van der Waals surface area contributed by atoms with Gasteiger partial charge in [0.1, 0.15) is 23.9 Å². The largest absolute Gasteiger partial charge is 0.492 e. The number of pyridine rings is 1. The van der Waals surface area contributed by atoms with Crippen LogP contribution < -0.4 is 15.4 Å². The summed E-state index contributed by atoms with van der Waals surface area (Å²) in [5.74, 6) is 2.38. The summed E-state index contributed by atoms with van der Waals surface area (Å²) in [5, 5.41) is 18.7. The van der Waals surface area contributed by atoms with Gasteiger partial charge < -0.3 is 19.9 Å². The smallest absolute Gasteiger partial charge is 0.149 e. The van der Waals surface area contributed by atoms with Gasteiger partial charge in [-0.15, -0.1) is 5.10 Å². The molecule has 3 aromatic heterocycles. The van der Waals surface area contributed by atoms with Gasteiger partial charge in [0.15, 0.2) is 0 Å². The van der Waals surface area contributed by atoms with Gasteiger partial charge in [0.05, 0.1) is 23.6 Å². The van der Waals surface area contributed by atoms with Crippen molar-refractivity contribution in [3.63, 3.8) is 0 Å². The maximum atomic E-state index is 5.81. The number of aryl methyl sites for hydroxylation is 3. The maximum absolute atomic E-state index is 5.81. The van der Waals surface area contributed by atoms with E-state index in [4.69, 9.17) is 9.26 Å². The Labute approximate surface area is 186 Å². The van der Waals surface area contributed by atoms with Crippen LogP contribution in [-0.2, 0) is 13.1 Å². The van der Waals surface area contributed by atoms with Crippen LogP contribution in [0.1, 0.15) is 22.7 Å². The lowest BCUT2D eigenvalue weighted by Gasteiger charge is -2.13. The Morgan fingerprint density at radius 1 is 1.12 bits per heavy atom. The van der Waals surface area contributed by atoms with Gasteiger partial charge in [-0.1, -0.05) is 22.5 Å². The van der Waals surface area contributed by atoms with Gasteiger partial charge in [-0.25, -0.2) is 9.67 Å². The average molecular weight is 434 g/mol. The molecule has 0 saturated heterocycles. The van der Waals surface area contributed by atoms with Crippen LogP contribution in [0.3, 0.4) is 0 Å². The SMILES string of the molecule is CNc1ncc(-c2c(C)noc2C)cc1NCc1ccc(OCCn2cc(C)nn2)cc1. The highest BCUT2D eigenvalue weighted by Gasteiger charge is 2.14. The zero-order chi connectivity index (χ0) is 22.5. The summed E-state index contributed by atoms with van der Waals surface area (Å²) >= 11 is 0. The minimum absolute atomic E-state index is 0.534. The molecule has 2 N–H and O–H groups in total. The quantitative estimate of drug-likeness (QED) is 0.408. The summed E-state index contributed by atoms with van der Waals surface area (Å²) in [6, 6.07) is 10.1. The molecule has 0 atom stereocenters. The molecular formula is C23H27N7O2. The number of rotatable bonds is 9. The van der Waals surface area contributed by atoms with Crippen molar-refractivity contribution in [2.24, 2.45) is 0 Å². The van der Waals surface area contributed by atoms with Crippen molar-refractivity contribution in [1.82, 2.24) is 25.1 Å². The Balaban J connectivity index is 1.38. The molecule has 4 rings (SSSR count). The molecule has 9 nitrogen and oxygen atoms in total. The van der Waals surface area contributed by atoms with Gasteiger partial charge in [0, 0.05) is 37.1 Å². The lowest BCUT2D eigenvalue weighted by Crippen LogP contribution is -2.09. The molecule has 4 aromatic rings. The van der Waals surface area contributed by atoms with Crippen molar-refractivity contribution in [3.8, 4) is 16.9 Å². The molecule has 0 aliphatic carbocycles. The number of hydrogen-bond acceptors (Lipinski definition) is 8. The number of benzene rings is 1. The zero-order valence-electron chi connectivity index (χ0n) is 18.7. The van der Waals surface area contributed by atoms with Crippen LogP contribution in [0.5, 0.6) is 5.75 Å². The second-order valence-electron chi connectivity index (χ2n) is 7.54. The molecule has 0 fully saturated rings. The Kier molecular flexibility index (Phi) is 6.34. The molecule has 0 spiro atoms. The van der Waals surface area contributed by atoms with Crippen LogP contribution in [0.15, 0.2) is 47.2 Å². The molecule has 0 amide bonds. The average Bonchev–Trinajstić information content (AvgIpc) is 3.37. The normalized spacial score (nSPS) is 10.9. The molecule has 32 heavy (non-hydrogen) atoms. The third kappa shape index (κ3) is 4.88. The van der Waals surface area contributed by atoms with E-state index in [-0.39, 0.29) is 0 Å². The van der Waals surface area contributed by atoms with Crippen molar-refractivity contribution >= 4 is 11.5 Å². The fraction of sp³-hybridized carbons (Fsp3) is 0.304. The highest BCUT2D eigenvalue weighted by atomic mass is 16.5. The second kappa shape index (κ2) is 9.51. The Morgan fingerprint density at radius 2 is 1.94 bits per heavy atom. The van der Waals surface area contributed by atoms with Gasteiger partial charge in [0.2, 0.25) is 0 Å². The molecule has 0 aliphatic heterocycles. The topological polar surface area (TPSA) is 103 Å². The second-order valence-corrected chi connectivity index (χ2v) is 7.54. The first-order valence-corrected chi connectivity index (χ1v) is 10.5. The van der Waals surface area contributed by atoms with Gasteiger partial charge in [-0.05, 0) is 44.5 Å². The van der Waals surface area contributed by atoms with E-state index in [1.165, 1.54) is 0 Å². The lowest BCUT2D eigenvalue weighted by atomic mass is 10.1. The number of anilines is 2. The summed E-state index contributed by atoms with van der Waals surface area (Å²) in [6.07, 6.45) is 3.73. The lowest BCUT2D eigenvalue weighted by molar-refractivity contribution is 0.289. The fourth-order valence-electron chi connectivity index (χ4n) is 3.49. The van der Waals surface area contributed by atoms with E-state index in [1.807, 2.05) is 64.5 Å². The first-order valence-electron chi connectivity index (χ1n) is 10.5. The van der Waals surface area contributed by atoms with E-state index in [1.54, 1.807) is 4.68 Å². The van der Waals surface area contributed by atoms with Crippen molar-refractivity contribution < 1.29 is 9.26 Å². The van der Waals surface area contributed by atoms with E-state index in [2.05, 4.69) is 37.2 Å². The molecule has 0 radical (unpaired) electrons. The number of nitrogens with one attached hydrogen (secondary N) is 2. The van der Waals surface area contributed by atoms with E-state index in [9.17, 15) is 0 Å². The standard InChI is InChI=1S/C23H27N7O2/c1-15-14-30(29-27-15)9-10-31-20-7-5-18(6-8-20)12-25-21-11-19(13-26-23(21)24-4)22-16(2)28-32-17(22)3/h5-8,11,13-14,25H,9-10,12H2,1-4H3,(H,24,26). The number of hydrogen-bond donors (Lipinski definition) is 2. The summed E-state index contributed by atoms with van der Waals surface area (Å²) in [6.45, 7) is 7.60. The number of aromatic nitrogens is 5. The molecule has 166 valence electrons. The van der Waals surface area contributed by atoms with Gasteiger partial charge in [-0.3, -0.25) is 0 Å². The third-order valence-electron chi connectivity index (χ3n) is 5.10. The van der Waals surface area contributed by atoms with Gasteiger partial charge in [-0.2, -0.15) is 0 Å². The van der Waals surface area contributed by atoms with Crippen LogP contribution in [0.2, 0.25) is 0 Å². The molecule has 0 aliphatic rings. The monoisotopic (exact) mass is 433 g/mol. The van der Waals surface area contributed by atoms with Crippen LogP contribution in [-0.4, -0.2) is 38.8 Å². The molecule has 3 heterocycles. The molecular weight excluding hydrogens is 406 g/mol. The molecule has 1 aromatic carbocycles. The van der Waals surface area contributed by atoms with Crippen LogP contribution in [0.25, 0.3) is 11.1 Å². The van der Waals surface area contributed by atoms with E-state index < -0.39 is 0 Å². The highest BCUT2D eigenvalue weighted by Crippen LogP contribution is 2.31. The van der Waals surface area contributed by atoms with E-state index in [0.717, 1.165) is 51.1 Å². The Hall–Kier alpha value is -3.88. The first kappa shape index (κ1) is 21.4. The number of nitrogens with zero attached hydrogens (tertiary/aromatic N) is 5. The van der Waals surface area contributed by atoms with Crippen molar-refractivity contribution in [3.05, 3.63) is 65.4 Å². The minimum atomic E-state index is 0.534. The third-order valence-corrected chi connectivity index (χ3v) is 5.10. The van der Waals surface area contributed by atoms with Crippen molar-refractivity contribution in [2.45, 2.75) is 33.9 Å². The Bertz CT molecular complexity index is 1160. The predicted octanol–water partition coefficient (Wildman–Crippen LogP) is 3.99. The van der Waals surface area contributed by atoms with E-state index in [0.29, 0.717) is 19.7 Å². The summed E-state index contributed by atoms with van der Waals surface area (Å²) in [4.78, 5) is 4.55. The molecule has 0 bridgehead atoms. The summed E-state index contributed by atoms with van der Waals surface area (Å²) in [5.41, 5.74) is 5.74. The zero-order valence-corrected chi connectivity index (χ0v) is 18.7. The maximum Gasteiger partial charge on any atom is 0.149 e. The highest BCUT2D eigenvalue weighted by molar-refractivity contribution is 5.75. The molecule has 0 saturated carbocycles. The van der Waals surface area contributed by atoms with Crippen LogP contribution in [0, 0.1) is 20.8 Å². The number of ether oxygens (including phenoxy) is 1. The van der Waals surface area contributed by atoms with Crippen LogP contribution >= 0.6 is 0 Å². The predicted molar refractivity (Wildman–Crippen MR) is 123 cm³/mol. The first-order chi connectivity index (χ1) is 15.5. The van der Waals surface area contributed by atoms with Gasteiger partial charge >= 0.3 is 0 Å². The van der Waals surface area contributed by atoms with Gasteiger partial charge in [0.25, 0.3) is 0 Å². The van der Waals surface area contributed by atoms with Crippen molar-refractivity contribution in [1.29, 1.82) is 0 Å². The van der Waals surface area contributed by atoms with Crippen molar-refractivity contribution in [2.75, 3.05) is 24.3 Å².